The number of rotatable bonds is 8. The van der Waals surface area contributed by atoms with Gasteiger partial charge in [0.2, 0.25) is 0 Å². The fourth-order valence-electron chi connectivity index (χ4n) is 3.23. The van der Waals surface area contributed by atoms with E-state index in [0.29, 0.717) is 25.0 Å². The lowest BCUT2D eigenvalue weighted by molar-refractivity contribution is -0.151. The molecule has 9 heteroatoms. The minimum Gasteiger partial charge on any atom is -0.460 e. The first-order valence-electron chi connectivity index (χ1n) is 16.9. The van der Waals surface area contributed by atoms with Crippen molar-refractivity contribution >= 4 is 27.6 Å². The predicted octanol–water partition coefficient (Wildman–Crippen LogP) is 9.64. The number of ether oxygens (including phenoxy) is 1. The molecule has 0 heterocycles. The van der Waals surface area contributed by atoms with E-state index in [1.807, 2.05) is 119 Å². The van der Waals surface area contributed by atoms with Crippen LogP contribution >= 0.6 is 0 Å². The molecule has 0 aromatic heterocycles. The summed E-state index contributed by atoms with van der Waals surface area (Å²) in [5.41, 5.74) is 10.7. The minimum atomic E-state index is -3.67. The Morgan fingerprint density at radius 2 is 1.35 bits per heavy atom. The van der Waals surface area contributed by atoms with Crippen LogP contribution in [0.5, 0.6) is 0 Å². The molecule has 0 saturated heterocycles. The van der Waals surface area contributed by atoms with Gasteiger partial charge in [0.15, 0.2) is 0 Å². The molecule has 278 valence electrons. The lowest BCUT2D eigenvalue weighted by atomic mass is 9.93. The summed E-state index contributed by atoms with van der Waals surface area (Å²) in [6.45, 7) is 29.6. The Hall–Kier alpha value is -3.14. The van der Waals surface area contributed by atoms with Crippen LogP contribution < -0.4 is 5.73 Å². The molecule has 0 spiro atoms. The molecule has 0 aliphatic heterocycles. The summed E-state index contributed by atoms with van der Waals surface area (Å²) in [7, 11) is -3.67. The van der Waals surface area contributed by atoms with Gasteiger partial charge in [-0.3, -0.25) is 19.1 Å². The summed E-state index contributed by atoms with van der Waals surface area (Å²) in [6.07, 6.45) is 5.07. The van der Waals surface area contributed by atoms with Crippen molar-refractivity contribution in [3.05, 3.63) is 83.1 Å². The van der Waals surface area contributed by atoms with Crippen molar-refractivity contribution in [3.8, 4) is 0 Å². The van der Waals surface area contributed by atoms with E-state index in [9.17, 15) is 18.0 Å². The van der Waals surface area contributed by atoms with E-state index < -0.39 is 10.1 Å². The average Bonchev–Trinajstić information content (AvgIpc) is 3.03. The van der Waals surface area contributed by atoms with Crippen molar-refractivity contribution < 1.29 is 27.3 Å². The molecule has 0 unspecified atom stereocenters. The first kappa shape index (κ1) is 54.3. The van der Waals surface area contributed by atoms with Crippen molar-refractivity contribution in [3.63, 3.8) is 0 Å². The van der Waals surface area contributed by atoms with Crippen molar-refractivity contribution in [2.75, 3.05) is 12.8 Å². The number of hydrogen-bond acceptors (Lipinski definition) is 7. The van der Waals surface area contributed by atoms with Gasteiger partial charge in [0.25, 0.3) is 10.1 Å². The maximum Gasteiger partial charge on any atom is 0.303 e. The molecule has 0 amide bonds. The molecule has 3 N–H and O–H groups in total. The van der Waals surface area contributed by atoms with Gasteiger partial charge >= 0.3 is 5.97 Å². The SMILES string of the molecule is C/C=C(/CC)N=C(C)CN.CC.CC.CC.CC(=O)OC(C)(C)C.CS(=O)(=O)O.Cc1ccc(CC(=O)[C@H](C)Cc2ccccc2)cc1. The van der Waals surface area contributed by atoms with Gasteiger partial charge in [0.1, 0.15) is 11.4 Å². The highest BCUT2D eigenvalue weighted by atomic mass is 32.2. The number of nitrogens with two attached hydrogens (primary N) is 1. The van der Waals surface area contributed by atoms with E-state index in [4.69, 9.17) is 15.0 Å². The van der Waals surface area contributed by atoms with Crippen LogP contribution in [0.4, 0.5) is 0 Å². The van der Waals surface area contributed by atoms with Crippen LogP contribution in [0.1, 0.15) is 120 Å². The van der Waals surface area contributed by atoms with Crippen molar-refractivity contribution in [2.24, 2.45) is 16.6 Å². The topological polar surface area (TPSA) is 136 Å². The van der Waals surface area contributed by atoms with Crippen LogP contribution in [0.15, 0.2) is 71.4 Å². The second kappa shape index (κ2) is 33.7. The number of benzene rings is 2. The van der Waals surface area contributed by atoms with Crippen molar-refractivity contribution in [1.82, 2.24) is 0 Å². The Morgan fingerprint density at radius 3 is 1.67 bits per heavy atom. The zero-order valence-corrected chi connectivity index (χ0v) is 33.9. The Balaban J connectivity index is -0.000000181. The molecule has 48 heavy (non-hydrogen) atoms. The third kappa shape index (κ3) is 42.9. The number of carbonyl (C=O) groups is 2. The molecule has 0 saturated carbocycles. The number of allylic oxidation sites excluding steroid dienone is 2. The van der Waals surface area contributed by atoms with E-state index in [0.717, 1.165) is 29.8 Å². The predicted molar refractivity (Wildman–Crippen MR) is 208 cm³/mol. The van der Waals surface area contributed by atoms with Gasteiger partial charge in [-0.15, -0.1) is 0 Å². The van der Waals surface area contributed by atoms with Gasteiger partial charge in [-0.2, -0.15) is 8.42 Å². The fourth-order valence-corrected chi connectivity index (χ4v) is 3.23. The summed E-state index contributed by atoms with van der Waals surface area (Å²) >= 11 is 0. The maximum atomic E-state index is 12.2. The third-order valence-electron chi connectivity index (χ3n) is 5.21. The van der Waals surface area contributed by atoms with E-state index in [1.54, 1.807) is 0 Å². The number of hydrogen-bond donors (Lipinski definition) is 2. The molecule has 2 rings (SSSR count). The van der Waals surface area contributed by atoms with Gasteiger partial charge in [-0.05, 0) is 65.5 Å². The minimum absolute atomic E-state index is 0.0729. The summed E-state index contributed by atoms with van der Waals surface area (Å²) < 4.78 is 30.7. The van der Waals surface area contributed by atoms with E-state index >= 15 is 0 Å². The second-order valence-corrected chi connectivity index (χ2v) is 12.3. The van der Waals surface area contributed by atoms with Crippen LogP contribution in [-0.4, -0.2) is 48.8 Å². The van der Waals surface area contributed by atoms with Crippen LogP contribution in [0.2, 0.25) is 0 Å². The highest BCUT2D eigenvalue weighted by molar-refractivity contribution is 7.85. The molecule has 1 atom stereocenters. The Labute approximate surface area is 295 Å². The molecule has 0 radical (unpaired) electrons. The van der Waals surface area contributed by atoms with Gasteiger partial charge in [-0.25, -0.2) is 0 Å². The molecule has 8 nitrogen and oxygen atoms in total. The zero-order valence-electron chi connectivity index (χ0n) is 33.1. The van der Waals surface area contributed by atoms with Crippen LogP contribution in [0.3, 0.4) is 0 Å². The molecular formula is C39H70N2O6S. The number of Topliss-reactive ketones (excluding diaryl/α,β-unsaturated/α-hetero) is 1. The Morgan fingerprint density at radius 1 is 0.917 bits per heavy atom. The number of nitrogens with zero attached hydrogens (tertiary/aromatic N) is 1. The average molecular weight is 695 g/mol. The highest BCUT2D eigenvalue weighted by Crippen LogP contribution is 2.13. The largest absolute Gasteiger partial charge is 0.460 e. The maximum absolute atomic E-state index is 12.2. The monoisotopic (exact) mass is 694 g/mol. The van der Waals surface area contributed by atoms with Gasteiger partial charge in [0, 0.05) is 37.2 Å². The van der Waals surface area contributed by atoms with Gasteiger partial charge in [-0.1, -0.05) is 122 Å². The third-order valence-corrected chi connectivity index (χ3v) is 5.21. The molecule has 0 aliphatic carbocycles. The Bertz CT molecular complexity index is 1210. The van der Waals surface area contributed by atoms with Crippen molar-refractivity contribution in [2.45, 2.75) is 129 Å². The van der Waals surface area contributed by atoms with Crippen LogP contribution in [0, 0.1) is 12.8 Å². The standard InChI is InChI=1S/C18H20O.C8H16N2.C6H12O2.3C2H6.CH4O3S/c1-14-8-10-17(11-9-14)13-18(19)15(2)12-16-6-4-3-5-7-16;1-4-8(5-2)10-7(3)6-9;1-5(7)8-6(2,3)4;3*1-2;1-5(2,3)4/h3-11,15H,12-13H2,1-2H3;4H,5-6,9H2,1-3H3;1-4H3;3*1-2H3;1H3,(H,2,3,4)/b;8-4-,10-7?;;;;;/t15-;;;;;;/m1....../s1. The van der Waals surface area contributed by atoms with Crippen molar-refractivity contribution in [1.29, 1.82) is 0 Å². The summed E-state index contributed by atoms with van der Waals surface area (Å²) in [5.74, 6) is 0.161. The Kier molecular flexibility index (Phi) is 38.2. The lowest BCUT2D eigenvalue weighted by Crippen LogP contribution is -2.21. The van der Waals surface area contributed by atoms with Crippen LogP contribution in [-0.2, 0) is 37.3 Å². The molecule has 2 aromatic carbocycles. The smallest absolute Gasteiger partial charge is 0.303 e. The molecule has 0 fully saturated rings. The molecule has 0 bridgehead atoms. The van der Waals surface area contributed by atoms with E-state index in [2.05, 4.69) is 43.1 Å². The number of carbonyl (C=O) groups excluding carboxylic acids is 2. The van der Waals surface area contributed by atoms with E-state index in [-0.39, 0.29) is 17.5 Å². The number of esters is 1. The normalized spacial score (nSPS) is 11.1. The summed E-state index contributed by atoms with van der Waals surface area (Å²) in [5, 5.41) is 0. The first-order valence-corrected chi connectivity index (χ1v) is 18.8. The summed E-state index contributed by atoms with van der Waals surface area (Å²) in [6, 6.07) is 18.4. The zero-order chi connectivity index (χ0) is 38.9. The molecular weight excluding hydrogens is 625 g/mol. The van der Waals surface area contributed by atoms with Gasteiger partial charge < -0.3 is 10.5 Å². The highest BCUT2D eigenvalue weighted by Gasteiger charge is 2.14. The fraction of sp³-hybridized carbons (Fsp3) is 0.564. The number of aryl methyl sites for hydroxylation is 1. The molecule has 0 aliphatic rings. The van der Waals surface area contributed by atoms with Gasteiger partial charge in [0.05, 0.1) is 6.26 Å². The number of aliphatic imine (C=N–C) groups is 1. The molecule has 2 aromatic rings. The van der Waals surface area contributed by atoms with E-state index in [1.165, 1.54) is 18.1 Å². The first-order chi connectivity index (χ1) is 22.3. The lowest BCUT2D eigenvalue weighted by Gasteiger charge is -2.17. The van der Waals surface area contributed by atoms with Crippen LogP contribution in [0.25, 0.3) is 0 Å². The summed E-state index contributed by atoms with van der Waals surface area (Å²) in [4.78, 5) is 26.7. The quantitative estimate of drug-likeness (QED) is 0.159. The number of ketones is 1. The second-order valence-electron chi connectivity index (χ2n) is 10.8.